The van der Waals surface area contributed by atoms with Crippen LogP contribution in [0.15, 0.2) is 53.4 Å². The normalized spacial score (nSPS) is 12.6. The summed E-state index contributed by atoms with van der Waals surface area (Å²) in [5, 5.41) is 10.8. The highest BCUT2D eigenvalue weighted by molar-refractivity contribution is 7.91. The van der Waals surface area contributed by atoms with Gasteiger partial charge in [0.2, 0.25) is 9.84 Å². The molecule has 0 fully saturated rings. The number of sulfone groups is 1. The molecule has 0 N–H and O–H groups in total. The predicted octanol–water partition coefficient (Wildman–Crippen LogP) is 3.51. The molecule has 0 spiro atoms. The van der Waals surface area contributed by atoms with Crippen molar-refractivity contribution in [3.05, 3.63) is 69.8 Å². The van der Waals surface area contributed by atoms with Crippen molar-refractivity contribution in [2.75, 3.05) is 0 Å². The average Bonchev–Trinajstić information content (AvgIpc) is 2.61. The summed E-state index contributed by atoms with van der Waals surface area (Å²) in [6, 6.07) is 9.42. The third-order valence-electron chi connectivity index (χ3n) is 3.49. The van der Waals surface area contributed by atoms with Crippen LogP contribution < -0.4 is 0 Å². The van der Waals surface area contributed by atoms with E-state index in [1.807, 2.05) is 0 Å². The van der Waals surface area contributed by atoms with Crippen LogP contribution in [0.4, 0.5) is 14.5 Å². The molecule has 26 heavy (non-hydrogen) atoms. The summed E-state index contributed by atoms with van der Waals surface area (Å²) in [5.41, 5.74) is 0.187. The Morgan fingerprint density at radius 2 is 1.77 bits per heavy atom. The van der Waals surface area contributed by atoms with E-state index >= 15 is 0 Å². The van der Waals surface area contributed by atoms with Crippen LogP contribution in [-0.4, -0.2) is 25.1 Å². The van der Waals surface area contributed by atoms with Gasteiger partial charge in [0.25, 0.3) is 5.69 Å². The van der Waals surface area contributed by atoms with Gasteiger partial charge < -0.3 is 4.74 Å². The van der Waals surface area contributed by atoms with E-state index in [1.54, 1.807) is 6.07 Å². The van der Waals surface area contributed by atoms with Crippen LogP contribution in [0.1, 0.15) is 28.9 Å². The summed E-state index contributed by atoms with van der Waals surface area (Å²) in [6.45, 7) is 1.51. The lowest BCUT2D eigenvalue weighted by Gasteiger charge is -2.13. The van der Waals surface area contributed by atoms with Gasteiger partial charge in [0, 0.05) is 12.1 Å². The summed E-state index contributed by atoms with van der Waals surface area (Å²) in [4.78, 5) is 21.7. The van der Waals surface area contributed by atoms with Gasteiger partial charge in [-0.05, 0) is 36.8 Å². The first-order valence-electron chi connectivity index (χ1n) is 7.20. The van der Waals surface area contributed by atoms with E-state index in [9.17, 15) is 32.1 Å². The van der Waals surface area contributed by atoms with Gasteiger partial charge in [0.15, 0.2) is 0 Å². The Labute approximate surface area is 147 Å². The van der Waals surface area contributed by atoms with E-state index < -0.39 is 37.5 Å². The molecule has 0 saturated carbocycles. The Kier molecular flexibility index (Phi) is 5.66. The van der Waals surface area contributed by atoms with Gasteiger partial charge in [-0.1, -0.05) is 12.1 Å². The predicted molar refractivity (Wildman–Crippen MR) is 86.6 cm³/mol. The monoisotopic (exact) mass is 385 g/mol. The van der Waals surface area contributed by atoms with Crippen LogP contribution in [0.5, 0.6) is 0 Å². The average molecular weight is 385 g/mol. The van der Waals surface area contributed by atoms with E-state index in [-0.39, 0.29) is 11.3 Å². The molecule has 0 amide bonds. The van der Waals surface area contributed by atoms with Crippen molar-refractivity contribution in [1.29, 1.82) is 0 Å². The minimum atomic E-state index is -4.75. The zero-order chi connectivity index (χ0) is 19.5. The van der Waals surface area contributed by atoms with Gasteiger partial charge in [0.1, 0.15) is 6.10 Å². The Bertz CT molecular complexity index is 928. The lowest BCUT2D eigenvalue weighted by molar-refractivity contribution is -0.385. The number of nitro benzene ring substituents is 1. The second-order valence-electron chi connectivity index (χ2n) is 5.23. The molecule has 2 aromatic rings. The van der Waals surface area contributed by atoms with E-state index in [4.69, 9.17) is 4.74 Å². The van der Waals surface area contributed by atoms with E-state index in [2.05, 4.69) is 0 Å². The first kappa shape index (κ1) is 19.4. The zero-order valence-corrected chi connectivity index (χ0v) is 14.2. The first-order chi connectivity index (χ1) is 12.1. The smallest absolute Gasteiger partial charge is 0.341 e. The Morgan fingerprint density at radius 3 is 2.31 bits per heavy atom. The molecule has 138 valence electrons. The van der Waals surface area contributed by atoms with E-state index in [1.165, 1.54) is 25.1 Å². The van der Waals surface area contributed by atoms with Gasteiger partial charge in [-0.3, -0.25) is 10.1 Å². The fourth-order valence-corrected chi connectivity index (χ4v) is 2.79. The van der Waals surface area contributed by atoms with Gasteiger partial charge in [-0.2, -0.15) is 8.78 Å². The highest BCUT2D eigenvalue weighted by atomic mass is 32.2. The van der Waals surface area contributed by atoms with Crippen LogP contribution in [0.3, 0.4) is 0 Å². The maximum atomic E-state index is 12.5. The third-order valence-corrected chi connectivity index (χ3v) is 4.89. The molecular weight excluding hydrogens is 372 g/mol. The number of nitrogens with zero attached hydrogens (tertiary/aromatic N) is 1. The van der Waals surface area contributed by atoms with Crippen LogP contribution >= 0.6 is 0 Å². The Morgan fingerprint density at radius 1 is 1.15 bits per heavy atom. The fraction of sp³-hybridized carbons (Fsp3) is 0.188. The van der Waals surface area contributed by atoms with Crippen molar-refractivity contribution in [2.24, 2.45) is 0 Å². The van der Waals surface area contributed by atoms with Crippen molar-refractivity contribution >= 4 is 21.5 Å². The van der Waals surface area contributed by atoms with Gasteiger partial charge >= 0.3 is 11.7 Å². The minimum Gasteiger partial charge on any atom is -0.454 e. The SMILES string of the molecule is C[C@@H](OC(=O)c1ccc(S(=O)(=O)C(F)F)cc1)c1cccc([N+](=O)[O-])c1. The number of hydrogen-bond acceptors (Lipinski definition) is 6. The van der Waals surface area contributed by atoms with Crippen molar-refractivity contribution in [3.8, 4) is 0 Å². The summed E-state index contributed by atoms with van der Waals surface area (Å²) in [5.74, 6) is -4.39. The number of esters is 1. The Balaban J connectivity index is 2.15. The third kappa shape index (κ3) is 4.20. The number of carbonyl (C=O) groups is 1. The van der Waals surface area contributed by atoms with E-state index in [0.717, 1.165) is 24.3 Å². The molecule has 0 aliphatic rings. The number of benzene rings is 2. The summed E-state index contributed by atoms with van der Waals surface area (Å²) < 4.78 is 52.8. The quantitative estimate of drug-likeness (QED) is 0.428. The Hall–Kier alpha value is -2.88. The molecule has 0 heterocycles. The summed E-state index contributed by atoms with van der Waals surface area (Å²) >= 11 is 0. The first-order valence-corrected chi connectivity index (χ1v) is 8.75. The van der Waals surface area contributed by atoms with Crippen LogP contribution in [0.25, 0.3) is 0 Å². The molecule has 1 atom stereocenters. The maximum absolute atomic E-state index is 12.5. The number of halogens is 2. The number of carbonyl (C=O) groups excluding carboxylic acids is 1. The molecule has 0 aliphatic heterocycles. The number of alkyl halides is 2. The molecule has 7 nitrogen and oxygen atoms in total. The molecule has 2 rings (SSSR count). The summed E-state index contributed by atoms with van der Waals surface area (Å²) in [6.07, 6.45) is -0.813. The highest BCUT2D eigenvalue weighted by Gasteiger charge is 2.26. The molecule has 0 saturated heterocycles. The number of ether oxygens (including phenoxy) is 1. The van der Waals surface area contributed by atoms with Gasteiger partial charge in [0.05, 0.1) is 15.4 Å². The molecule has 2 aromatic carbocycles. The van der Waals surface area contributed by atoms with Crippen molar-refractivity contribution < 1.29 is 31.7 Å². The standard InChI is InChI=1S/C16H13F2NO6S/c1-10(12-3-2-4-13(9-12)19(21)22)25-15(20)11-5-7-14(8-6-11)26(23,24)16(17)18/h2-10,16H,1H3/t10-/m1/s1. The minimum absolute atomic E-state index is 0.0458. The number of non-ortho nitro benzene ring substituents is 1. The number of hydrogen-bond donors (Lipinski definition) is 0. The molecule has 0 aliphatic carbocycles. The van der Waals surface area contributed by atoms with Crippen molar-refractivity contribution in [2.45, 2.75) is 23.7 Å². The van der Waals surface area contributed by atoms with Crippen LogP contribution in [0, 0.1) is 10.1 Å². The largest absolute Gasteiger partial charge is 0.454 e. The second kappa shape index (κ2) is 7.56. The van der Waals surface area contributed by atoms with Gasteiger partial charge in [-0.15, -0.1) is 0 Å². The van der Waals surface area contributed by atoms with Crippen molar-refractivity contribution in [3.63, 3.8) is 0 Å². The lowest BCUT2D eigenvalue weighted by Crippen LogP contribution is -2.12. The summed E-state index contributed by atoms with van der Waals surface area (Å²) in [7, 11) is -4.75. The highest BCUT2D eigenvalue weighted by Crippen LogP contribution is 2.24. The second-order valence-corrected chi connectivity index (χ2v) is 7.15. The van der Waals surface area contributed by atoms with Crippen LogP contribution in [-0.2, 0) is 14.6 Å². The van der Waals surface area contributed by atoms with Crippen molar-refractivity contribution in [1.82, 2.24) is 0 Å². The van der Waals surface area contributed by atoms with E-state index in [0.29, 0.717) is 5.56 Å². The molecule has 0 aromatic heterocycles. The molecular formula is C16H13F2NO6S. The number of rotatable bonds is 6. The zero-order valence-electron chi connectivity index (χ0n) is 13.3. The topological polar surface area (TPSA) is 104 Å². The maximum Gasteiger partial charge on any atom is 0.341 e. The molecule has 10 heteroatoms. The number of nitro groups is 1. The van der Waals surface area contributed by atoms with Crippen LogP contribution in [0.2, 0.25) is 0 Å². The lowest BCUT2D eigenvalue weighted by atomic mass is 10.1. The molecule has 0 unspecified atom stereocenters. The molecule has 0 radical (unpaired) electrons. The van der Waals surface area contributed by atoms with Gasteiger partial charge in [-0.25, -0.2) is 13.2 Å². The fourth-order valence-electron chi connectivity index (χ4n) is 2.07. The molecule has 0 bridgehead atoms.